The second kappa shape index (κ2) is 8.32. The normalized spacial score (nSPS) is 15.8. The van der Waals surface area contributed by atoms with Crippen molar-refractivity contribution in [1.29, 1.82) is 0 Å². The Morgan fingerprint density at radius 3 is 2.50 bits per heavy atom. The number of hydrogen-bond donors (Lipinski definition) is 1. The van der Waals surface area contributed by atoms with E-state index >= 15 is 0 Å². The highest BCUT2D eigenvalue weighted by molar-refractivity contribution is 7.89. The zero-order valence-corrected chi connectivity index (χ0v) is 14.6. The van der Waals surface area contributed by atoms with Crippen LogP contribution in [-0.2, 0) is 19.6 Å². The van der Waals surface area contributed by atoms with Crippen molar-refractivity contribution in [3.05, 3.63) is 18.2 Å². The summed E-state index contributed by atoms with van der Waals surface area (Å²) in [6.45, 7) is 1.44. The molecule has 0 spiro atoms. The number of sulfonamides is 1. The minimum atomic E-state index is -3.45. The van der Waals surface area contributed by atoms with E-state index in [2.05, 4.69) is 5.32 Å². The maximum atomic E-state index is 12.2. The highest BCUT2D eigenvalue weighted by atomic mass is 32.2. The topological polar surface area (TPSA) is 94.2 Å². The molecule has 24 heavy (non-hydrogen) atoms. The van der Waals surface area contributed by atoms with Crippen LogP contribution in [0.2, 0.25) is 0 Å². The first-order valence-corrected chi connectivity index (χ1v) is 9.14. The second-order valence-electron chi connectivity index (χ2n) is 5.20. The fraction of sp³-hybridized carbons (Fsp3) is 0.533. The predicted molar refractivity (Wildman–Crippen MR) is 89.0 cm³/mol. The number of benzene rings is 1. The summed E-state index contributed by atoms with van der Waals surface area (Å²) >= 11 is 0. The van der Waals surface area contributed by atoms with Crippen molar-refractivity contribution in [2.75, 3.05) is 51.6 Å². The average molecular weight is 358 g/mol. The molecule has 0 saturated carbocycles. The molecule has 1 saturated heterocycles. The molecule has 0 atom stereocenters. The first kappa shape index (κ1) is 18.5. The lowest BCUT2D eigenvalue weighted by atomic mass is 10.2. The third kappa shape index (κ3) is 4.83. The number of nitrogens with one attached hydrogen (secondary N) is 1. The largest absolute Gasteiger partial charge is 0.493 e. The van der Waals surface area contributed by atoms with Crippen molar-refractivity contribution in [1.82, 2.24) is 4.31 Å². The lowest BCUT2D eigenvalue weighted by Gasteiger charge is -2.25. The summed E-state index contributed by atoms with van der Waals surface area (Å²) in [6.07, 6.45) is -0.117. The molecular weight excluding hydrogens is 336 g/mol. The van der Waals surface area contributed by atoms with Crippen molar-refractivity contribution >= 4 is 21.6 Å². The predicted octanol–water partition coefficient (Wildman–Crippen LogP) is 0.694. The van der Waals surface area contributed by atoms with Crippen molar-refractivity contribution < 1.29 is 27.4 Å². The van der Waals surface area contributed by atoms with Crippen LogP contribution < -0.4 is 14.8 Å². The smallest absolute Gasteiger partial charge is 0.225 e. The van der Waals surface area contributed by atoms with E-state index in [1.165, 1.54) is 18.5 Å². The SMILES string of the molecule is COc1ccc(NC(=O)CCS(=O)(=O)N2CCOCC2)cc1OC. The Morgan fingerprint density at radius 2 is 1.88 bits per heavy atom. The Kier molecular flexibility index (Phi) is 6.41. The number of amides is 1. The molecular formula is C15H22N2O6S. The van der Waals surface area contributed by atoms with E-state index in [-0.39, 0.29) is 18.1 Å². The molecule has 2 rings (SSSR count). The van der Waals surface area contributed by atoms with Crippen LogP contribution in [0, 0.1) is 0 Å². The molecule has 0 unspecified atom stereocenters. The fourth-order valence-electron chi connectivity index (χ4n) is 2.31. The second-order valence-corrected chi connectivity index (χ2v) is 7.28. The lowest BCUT2D eigenvalue weighted by molar-refractivity contribution is -0.115. The van der Waals surface area contributed by atoms with Gasteiger partial charge in [0.25, 0.3) is 0 Å². The first-order chi connectivity index (χ1) is 11.5. The highest BCUT2D eigenvalue weighted by Gasteiger charge is 2.24. The van der Waals surface area contributed by atoms with Gasteiger partial charge in [0.05, 0.1) is 33.2 Å². The number of rotatable bonds is 7. The average Bonchev–Trinajstić information content (AvgIpc) is 2.60. The number of nitrogens with zero attached hydrogens (tertiary/aromatic N) is 1. The molecule has 1 N–H and O–H groups in total. The molecule has 1 aliphatic rings. The standard InChI is InChI=1S/C15H22N2O6S/c1-21-13-4-3-12(11-14(13)22-2)16-15(18)5-10-24(19,20)17-6-8-23-9-7-17/h3-4,11H,5-10H2,1-2H3,(H,16,18). The van der Waals surface area contributed by atoms with Crippen molar-refractivity contribution in [2.24, 2.45) is 0 Å². The molecule has 8 nitrogen and oxygen atoms in total. The summed E-state index contributed by atoms with van der Waals surface area (Å²) in [6, 6.07) is 4.95. The van der Waals surface area contributed by atoms with E-state index in [0.717, 1.165) is 0 Å². The van der Waals surface area contributed by atoms with Crippen LogP contribution in [0.5, 0.6) is 11.5 Å². The van der Waals surface area contributed by atoms with E-state index in [1.807, 2.05) is 0 Å². The van der Waals surface area contributed by atoms with Crippen LogP contribution in [0.15, 0.2) is 18.2 Å². The van der Waals surface area contributed by atoms with Crippen LogP contribution >= 0.6 is 0 Å². The van der Waals surface area contributed by atoms with Crippen LogP contribution in [0.4, 0.5) is 5.69 Å². The Morgan fingerprint density at radius 1 is 1.21 bits per heavy atom. The molecule has 0 bridgehead atoms. The Bertz CT molecular complexity index is 671. The van der Waals surface area contributed by atoms with Gasteiger partial charge in [-0.25, -0.2) is 8.42 Å². The molecule has 1 aromatic carbocycles. The lowest BCUT2D eigenvalue weighted by Crippen LogP contribution is -2.42. The molecule has 0 aliphatic carbocycles. The summed E-state index contributed by atoms with van der Waals surface area (Å²) in [4.78, 5) is 12.0. The number of carbonyl (C=O) groups excluding carboxylic acids is 1. The van der Waals surface area contributed by atoms with Crippen molar-refractivity contribution in [2.45, 2.75) is 6.42 Å². The molecule has 1 amide bonds. The molecule has 1 fully saturated rings. The van der Waals surface area contributed by atoms with Gasteiger partial charge in [-0.1, -0.05) is 0 Å². The van der Waals surface area contributed by atoms with Gasteiger partial charge in [-0.05, 0) is 12.1 Å². The summed E-state index contributed by atoms with van der Waals surface area (Å²) < 4.78 is 41.1. The van der Waals surface area contributed by atoms with Crippen molar-refractivity contribution in [3.63, 3.8) is 0 Å². The van der Waals surface area contributed by atoms with E-state index in [4.69, 9.17) is 14.2 Å². The summed E-state index contributed by atoms with van der Waals surface area (Å²) in [5.41, 5.74) is 0.515. The molecule has 0 aromatic heterocycles. The number of morpholine rings is 1. The number of methoxy groups -OCH3 is 2. The van der Waals surface area contributed by atoms with Crippen molar-refractivity contribution in [3.8, 4) is 11.5 Å². The monoisotopic (exact) mass is 358 g/mol. The van der Waals surface area contributed by atoms with Gasteiger partial charge in [0.15, 0.2) is 11.5 Å². The van der Waals surface area contributed by atoms with Crippen LogP contribution in [0.25, 0.3) is 0 Å². The fourth-order valence-corrected chi connectivity index (χ4v) is 3.72. The van der Waals surface area contributed by atoms with Crippen LogP contribution in [-0.4, -0.2) is 64.9 Å². The zero-order chi connectivity index (χ0) is 17.6. The quantitative estimate of drug-likeness (QED) is 0.771. The summed E-state index contributed by atoms with van der Waals surface area (Å²) in [5.74, 6) is 0.423. The maximum absolute atomic E-state index is 12.2. The van der Waals surface area contributed by atoms with Crippen LogP contribution in [0.1, 0.15) is 6.42 Å². The van der Waals surface area contributed by atoms with Gasteiger partial charge in [-0.2, -0.15) is 4.31 Å². The van der Waals surface area contributed by atoms with Gasteiger partial charge in [0, 0.05) is 31.3 Å². The van der Waals surface area contributed by atoms with Gasteiger partial charge in [-0.15, -0.1) is 0 Å². The van der Waals surface area contributed by atoms with Gasteiger partial charge >= 0.3 is 0 Å². The number of ether oxygens (including phenoxy) is 3. The summed E-state index contributed by atoms with van der Waals surface area (Å²) in [7, 11) is -0.428. The molecule has 134 valence electrons. The zero-order valence-electron chi connectivity index (χ0n) is 13.8. The van der Waals surface area contributed by atoms with Gasteiger partial charge in [-0.3, -0.25) is 4.79 Å². The minimum absolute atomic E-state index is 0.117. The van der Waals surface area contributed by atoms with E-state index < -0.39 is 10.0 Å². The molecule has 1 heterocycles. The molecule has 1 aromatic rings. The van der Waals surface area contributed by atoms with Crippen LogP contribution in [0.3, 0.4) is 0 Å². The van der Waals surface area contributed by atoms with Gasteiger partial charge in [0.2, 0.25) is 15.9 Å². The molecule has 9 heteroatoms. The van der Waals surface area contributed by atoms with Gasteiger partial charge < -0.3 is 19.5 Å². The molecule has 1 aliphatic heterocycles. The summed E-state index contributed by atoms with van der Waals surface area (Å²) in [5, 5.41) is 2.66. The number of carbonyl (C=O) groups is 1. The third-order valence-corrected chi connectivity index (χ3v) is 5.49. The van der Waals surface area contributed by atoms with E-state index in [0.29, 0.717) is 43.5 Å². The Hall–Kier alpha value is -1.84. The maximum Gasteiger partial charge on any atom is 0.225 e. The van der Waals surface area contributed by atoms with E-state index in [9.17, 15) is 13.2 Å². The molecule has 0 radical (unpaired) electrons. The third-order valence-electron chi connectivity index (χ3n) is 3.62. The Balaban J connectivity index is 1.91. The highest BCUT2D eigenvalue weighted by Crippen LogP contribution is 2.29. The Labute approximate surface area is 141 Å². The first-order valence-electron chi connectivity index (χ1n) is 7.53. The van der Waals surface area contributed by atoms with Gasteiger partial charge in [0.1, 0.15) is 0 Å². The number of anilines is 1. The number of hydrogen-bond acceptors (Lipinski definition) is 6. The minimum Gasteiger partial charge on any atom is -0.493 e. The van der Waals surface area contributed by atoms with E-state index in [1.54, 1.807) is 18.2 Å².